The molecule has 0 unspecified atom stereocenters. The molecule has 11 heteroatoms. The molecule has 0 fully saturated rings. The molecular formula is C18H16FNO7S2. The maximum Gasteiger partial charge on any atom is 0.339 e. The van der Waals surface area contributed by atoms with Gasteiger partial charge in [-0.15, -0.1) is 0 Å². The topological polar surface area (TPSA) is 120 Å². The molecule has 0 aliphatic carbocycles. The largest absolute Gasteiger partial charge is 0.423 e. The lowest BCUT2D eigenvalue weighted by atomic mass is 10.2. The van der Waals surface area contributed by atoms with Gasteiger partial charge < -0.3 is 8.60 Å². The zero-order valence-corrected chi connectivity index (χ0v) is 16.7. The van der Waals surface area contributed by atoms with Crippen molar-refractivity contribution in [2.75, 3.05) is 10.5 Å². The van der Waals surface area contributed by atoms with Gasteiger partial charge in [0, 0.05) is 17.5 Å². The number of hydrogen-bond acceptors (Lipinski definition) is 7. The molecule has 0 radical (unpaired) electrons. The van der Waals surface area contributed by atoms with Crippen LogP contribution in [0.15, 0.2) is 62.6 Å². The predicted octanol–water partition coefficient (Wildman–Crippen LogP) is 2.85. The Balaban J connectivity index is 1.88. The fourth-order valence-electron chi connectivity index (χ4n) is 2.49. The van der Waals surface area contributed by atoms with Crippen molar-refractivity contribution in [3.8, 4) is 5.75 Å². The van der Waals surface area contributed by atoms with Crippen LogP contribution in [0.5, 0.6) is 5.75 Å². The van der Waals surface area contributed by atoms with Gasteiger partial charge in [0.1, 0.15) is 22.0 Å². The standard InChI is InChI=1S/C18H16FNO7S2/c1-2-9-28(22,23)20-16-7-6-14(11-15(16)19)29(24,25)27-13-5-3-12-4-8-18(21)26-17(12)10-13/h3-8,10-11,20H,2,9H2,1H3. The summed E-state index contributed by atoms with van der Waals surface area (Å²) in [5, 5.41) is 0.559. The van der Waals surface area contributed by atoms with Gasteiger partial charge in [0.05, 0.1) is 11.4 Å². The minimum Gasteiger partial charge on any atom is -0.423 e. The quantitative estimate of drug-likeness (QED) is 0.442. The summed E-state index contributed by atoms with van der Waals surface area (Å²) >= 11 is 0. The summed E-state index contributed by atoms with van der Waals surface area (Å²) in [5.41, 5.74) is -0.859. The third kappa shape index (κ3) is 4.93. The SMILES string of the molecule is CCCS(=O)(=O)Nc1ccc(S(=O)(=O)Oc2ccc3ccc(=O)oc3c2)cc1F. The van der Waals surface area contributed by atoms with E-state index in [4.69, 9.17) is 8.60 Å². The predicted molar refractivity (Wildman–Crippen MR) is 104 cm³/mol. The zero-order valence-electron chi connectivity index (χ0n) is 15.1. The van der Waals surface area contributed by atoms with Gasteiger partial charge in [-0.1, -0.05) is 6.92 Å². The Hall–Kier alpha value is -2.92. The second-order valence-electron chi connectivity index (χ2n) is 6.05. The number of rotatable bonds is 7. The smallest absolute Gasteiger partial charge is 0.339 e. The Morgan fingerprint density at radius 1 is 1.03 bits per heavy atom. The van der Waals surface area contributed by atoms with Crippen molar-refractivity contribution >= 4 is 36.8 Å². The Labute approximate surface area is 166 Å². The van der Waals surface area contributed by atoms with Crippen LogP contribution in [0.4, 0.5) is 10.1 Å². The molecule has 0 aliphatic rings. The minimum atomic E-state index is -4.42. The lowest BCUT2D eigenvalue weighted by Gasteiger charge is -2.11. The lowest BCUT2D eigenvalue weighted by molar-refractivity contribution is 0.484. The van der Waals surface area contributed by atoms with Gasteiger partial charge in [0.25, 0.3) is 0 Å². The summed E-state index contributed by atoms with van der Waals surface area (Å²) in [6.07, 6.45) is 0.336. The maximum atomic E-state index is 14.2. The molecule has 2 aromatic carbocycles. The van der Waals surface area contributed by atoms with Crippen molar-refractivity contribution in [1.82, 2.24) is 0 Å². The maximum absolute atomic E-state index is 14.2. The highest BCUT2D eigenvalue weighted by atomic mass is 32.2. The Kier molecular flexibility index (Phi) is 5.62. The summed E-state index contributed by atoms with van der Waals surface area (Å²) in [6.45, 7) is 1.65. The normalized spacial score (nSPS) is 12.1. The molecule has 154 valence electrons. The van der Waals surface area contributed by atoms with Crippen LogP contribution >= 0.6 is 0 Å². The fourth-order valence-corrected chi connectivity index (χ4v) is 4.56. The van der Waals surface area contributed by atoms with E-state index in [0.717, 1.165) is 12.1 Å². The van der Waals surface area contributed by atoms with Crippen molar-refractivity contribution in [3.05, 3.63) is 64.8 Å². The average Bonchev–Trinajstić information content (AvgIpc) is 2.62. The van der Waals surface area contributed by atoms with Gasteiger partial charge >= 0.3 is 15.7 Å². The van der Waals surface area contributed by atoms with E-state index in [1.165, 1.54) is 30.3 Å². The van der Waals surface area contributed by atoms with Crippen LogP contribution in [0.2, 0.25) is 0 Å². The number of nitrogens with one attached hydrogen (secondary N) is 1. The van der Waals surface area contributed by atoms with Crippen LogP contribution in [0.25, 0.3) is 11.0 Å². The summed E-state index contributed by atoms with van der Waals surface area (Å²) in [6, 6.07) is 9.46. The zero-order chi connectivity index (χ0) is 21.2. The molecule has 0 saturated carbocycles. The van der Waals surface area contributed by atoms with Crippen molar-refractivity contribution in [3.63, 3.8) is 0 Å². The molecule has 0 atom stereocenters. The molecule has 1 heterocycles. The van der Waals surface area contributed by atoms with E-state index in [2.05, 4.69) is 4.72 Å². The van der Waals surface area contributed by atoms with Gasteiger partial charge in [0.2, 0.25) is 10.0 Å². The van der Waals surface area contributed by atoms with Crippen LogP contribution in [0.3, 0.4) is 0 Å². The van der Waals surface area contributed by atoms with E-state index in [9.17, 15) is 26.0 Å². The first-order valence-electron chi connectivity index (χ1n) is 8.38. The molecule has 3 rings (SSSR count). The minimum absolute atomic E-state index is 0.122. The molecule has 3 aromatic rings. The number of anilines is 1. The molecule has 0 spiro atoms. The van der Waals surface area contributed by atoms with Crippen LogP contribution in [-0.4, -0.2) is 22.6 Å². The van der Waals surface area contributed by atoms with E-state index in [-0.39, 0.29) is 22.8 Å². The van der Waals surface area contributed by atoms with Gasteiger partial charge in [-0.25, -0.2) is 17.6 Å². The second-order valence-corrected chi connectivity index (χ2v) is 9.44. The molecule has 1 N–H and O–H groups in total. The van der Waals surface area contributed by atoms with E-state index >= 15 is 0 Å². The van der Waals surface area contributed by atoms with Crippen LogP contribution in [-0.2, 0) is 20.1 Å². The first-order chi connectivity index (χ1) is 13.6. The van der Waals surface area contributed by atoms with E-state index in [1.54, 1.807) is 6.92 Å². The Bertz CT molecular complexity index is 1330. The summed E-state index contributed by atoms with van der Waals surface area (Å²) in [7, 11) is -8.16. The molecular weight excluding hydrogens is 425 g/mol. The highest BCUT2D eigenvalue weighted by Gasteiger charge is 2.20. The van der Waals surface area contributed by atoms with Crippen LogP contribution in [0, 0.1) is 5.82 Å². The van der Waals surface area contributed by atoms with E-state index < -0.39 is 36.5 Å². The molecule has 1 aromatic heterocycles. The first kappa shape index (κ1) is 20.8. The molecule has 8 nitrogen and oxygen atoms in total. The third-order valence-corrected chi connectivity index (χ3v) is 6.49. The third-order valence-electron chi connectivity index (χ3n) is 3.77. The van der Waals surface area contributed by atoms with Gasteiger partial charge in [-0.05, 0) is 42.8 Å². The van der Waals surface area contributed by atoms with Gasteiger partial charge in [-0.2, -0.15) is 8.42 Å². The fraction of sp³-hybridized carbons (Fsp3) is 0.167. The molecule has 29 heavy (non-hydrogen) atoms. The Morgan fingerprint density at radius 3 is 2.45 bits per heavy atom. The number of hydrogen-bond donors (Lipinski definition) is 1. The highest BCUT2D eigenvalue weighted by molar-refractivity contribution is 7.92. The molecule has 0 bridgehead atoms. The van der Waals surface area contributed by atoms with Gasteiger partial charge in [-0.3, -0.25) is 4.72 Å². The number of sulfonamides is 1. The van der Waals surface area contributed by atoms with Crippen molar-refractivity contribution in [1.29, 1.82) is 0 Å². The summed E-state index contributed by atoms with van der Waals surface area (Å²) < 4.78 is 74.6. The number of benzene rings is 2. The average molecular weight is 441 g/mol. The van der Waals surface area contributed by atoms with Crippen molar-refractivity contribution < 1.29 is 29.8 Å². The van der Waals surface area contributed by atoms with Crippen LogP contribution < -0.4 is 14.5 Å². The second kappa shape index (κ2) is 7.84. The molecule has 0 amide bonds. The van der Waals surface area contributed by atoms with Crippen molar-refractivity contribution in [2.24, 2.45) is 0 Å². The van der Waals surface area contributed by atoms with Crippen LogP contribution in [0.1, 0.15) is 13.3 Å². The molecule has 0 aliphatic heterocycles. The Morgan fingerprint density at radius 2 is 1.76 bits per heavy atom. The number of fused-ring (bicyclic) bond motifs is 1. The summed E-state index contributed by atoms with van der Waals surface area (Å²) in [5.74, 6) is -1.41. The highest BCUT2D eigenvalue weighted by Crippen LogP contribution is 2.25. The monoisotopic (exact) mass is 441 g/mol. The number of halogens is 1. The van der Waals surface area contributed by atoms with E-state index in [1.807, 2.05) is 0 Å². The van der Waals surface area contributed by atoms with Gasteiger partial charge in [0.15, 0.2) is 0 Å². The van der Waals surface area contributed by atoms with E-state index in [0.29, 0.717) is 17.9 Å². The lowest BCUT2D eigenvalue weighted by Crippen LogP contribution is -2.17. The summed E-state index contributed by atoms with van der Waals surface area (Å²) in [4.78, 5) is 10.8. The molecule has 0 saturated heterocycles. The first-order valence-corrected chi connectivity index (χ1v) is 11.4. The van der Waals surface area contributed by atoms with Crippen molar-refractivity contribution in [2.45, 2.75) is 18.2 Å².